The van der Waals surface area contributed by atoms with Crippen LogP contribution in [0.2, 0.25) is 0 Å². The molecule has 118 valence electrons. The van der Waals surface area contributed by atoms with Gasteiger partial charge < -0.3 is 21.0 Å². The van der Waals surface area contributed by atoms with Crippen LogP contribution in [0.5, 0.6) is 5.75 Å². The van der Waals surface area contributed by atoms with Gasteiger partial charge in [-0.2, -0.15) is 0 Å². The van der Waals surface area contributed by atoms with E-state index in [-0.39, 0.29) is 5.41 Å². The van der Waals surface area contributed by atoms with Crippen LogP contribution in [-0.2, 0) is 6.42 Å². The van der Waals surface area contributed by atoms with Gasteiger partial charge in [0.25, 0.3) is 0 Å². The maximum Gasteiger partial charge on any atom is 0.144 e. The van der Waals surface area contributed by atoms with E-state index in [1.807, 2.05) is 26.0 Å². The standard InChI is InChI=1S/C16H27N3O2/c1-16(2,15(17)19-20)9-5-10-18-11-8-13-6-4-7-14(12-13)21-3/h4,6-7,12,18,20H,5,8-11H2,1-3H3,(H2,17,19). The average Bonchev–Trinajstić information content (AvgIpc) is 2.50. The molecule has 1 aromatic rings. The zero-order chi connectivity index (χ0) is 15.7. The first-order valence-corrected chi connectivity index (χ1v) is 7.31. The Balaban J connectivity index is 2.20. The number of ether oxygens (including phenoxy) is 1. The van der Waals surface area contributed by atoms with E-state index in [9.17, 15) is 0 Å². The summed E-state index contributed by atoms with van der Waals surface area (Å²) in [4.78, 5) is 0. The molecule has 0 saturated carbocycles. The lowest BCUT2D eigenvalue weighted by atomic mass is 9.86. The van der Waals surface area contributed by atoms with E-state index < -0.39 is 0 Å². The van der Waals surface area contributed by atoms with Gasteiger partial charge in [0.2, 0.25) is 0 Å². The van der Waals surface area contributed by atoms with Gasteiger partial charge in [-0.3, -0.25) is 0 Å². The van der Waals surface area contributed by atoms with Crippen molar-refractivity contribution in [3.63, 3.8) is 0 Å². The molecule has 1 rings (SSSR count). The van der Waals surface area contributed by atoms with E-state index in [4.69, 9.17) is 15.7 Å². The number of methoxy groups -OCH3 is 1. The van der Waals surface area contributed by atoms with E-state index in [1.165, 1.54) is 5.56 Å². The van der Waals surface area contributed by atoms with Gasteiger partial charge >= 0.3 is 0 Å². The molecule has 0 bridgehead atoms. The van der Waals surface area contributed by atoms with E-state index >= 15 is 0 Å². The number of benzene rings is 1. The minimum Gasteiger partial charge on any atom is -0.497 e. The molecular formula is C16H27N3O2. The maximum absolute atomic E-state index is 8.72. The van der Waals surface area contributed by atoms with Crippen molar-refractivity contribution < 1.29 is 9.94 Å². The third-order valence-corrected chi connectivity index (χ3v) is 3.68. The summed E-state index contributed by atoms with van der Waals surface area (Å²) in [5.41, 5.74) is 6.66. The van der Waals surface area contributed by atoms with Crippen LogP contribution < -0.4 is 15.8 Å². The van der Waals surface area contributed by atoms with Crippen LogP contribution in [0.25, 0.3) is 0 Å². The van der Waals surface area contributed by atoms with Gasteiger partial charge in [0.1, 0.15) is 11.6 Å². The van der Waals surface area contributed by atoms with Crippen molar-refractivity contribution in [2.75, 3.05) is 20.2 Å². The lowest BCUT2D eigenvalue weighted by Crippen LogP contribution is -2.32. The number of rotatable bonds is 9. The topological polar surface area (TPSA) is 79.9 Å². The molecule has 0 heterocycles. The molecule has 0 radical (unpaired) electrons. The molecular weight excluding hydrogens is 266 g/mol. The Labute approximate surface area is 127 Å². The van der Waals surface area contributed by atoms with Crippen molar-refractivity contribution in [1.82, 2.24) is 5.32 Å². The Morgan fingerprint density at radius 1 is 1.38 bits per heavy atom. The van der Waals surface area contributed by atoms with Crippen LogP contribution in [0.4, 0.5) is 0 Å². The Kier molecular flexibility index (Phi) is 7.02. The predicted molar refractivity (Wildman–Crippen MR) is 86.0 cm³/mol. The van der Waals surface area contributed by atoms with Crippen LogP contribution in [-0.4, -0.2) is 31.2 Å². The zero-order valence-electron chi connectivity index (χ0n) is 13.2. The van der Waals surface area contributed by atoms with E-state index in [2.05, 4.69) is 22.6 Å². The molecule has 0 atom stereocenters. The first kappa shape index (κ1) is 17.3. The number of nitrogens with two attached hydrogens (primary N) is 1. The summed E-state index contributed by atoms with van der Waals surface area (Å²) >= 11 is 0. The summed E-state index contributed by atoms with van der Waals surface area (Å²) in [6.45, 7) is 5.82. The maximum atomic E-state index is 8.72. The number of amidine groups is 1. The molecule has 5 nitrogen and oxygen atoms in total. The SMILES string of the molecule is COc1cccc(CCNCCCC(C)(C)/C(N)=N/O)c1. The second-order valence-electron chi connectivity index (χ2n) is 5.82. The number of nitrogens with one attached hydrogen (secondary N) is 1. The molecule has 0 saturated heterocycles. The highest BCUT2D eigenvalue weighted by molar-refractivity contribution is 5.85. The Bertz CT molecular complexity index is 459. The van der Waals surface area contributed by atoms with Crippen LogP contribution in [0, 0.1) is 5.41 Å². The van der Waals surface area contributed by atoms with Gasteiger partial charge in [-0.25, -0.2) is 0 Å². The van der Waals surface area contributed by atoms with Crippen molar-refractivity contribution in [2.45, 2.75) is 33.1 Å². The van der Waals surface area contributed by atoms with Crippen molar-refractivity contribution >= 4 is 5.84 Å². The smallest absolute Gasteiger partial charge is 0.144 e. The van der Waals surface area contributed by atoms with E-state index in [1.54, 1.807) is 7.11 Å². The molecule has 0 amide bonds. The van der Waals surface area contributed by atoms with Gasteiger partial charge in [-0.1, -0.05) is 31.1 Å². The molecule has 0 aliphatic rings. The van der Waals surface area contributed by atoms with Gasteiger partial charge in [-0.15, -0.1) is 0 Å². The van der Waals surface area contributed by atoms with Crippen molar-refractivity contribution in [1.29, 1.82) is 0 Å². The number of nitrogens with zero attached hydrogens (tertiary/aromatic N) is 1. The molecule has 4 N–H and O–H groups in total. The lowest BCUT2D eigenvalue weighted by molar-refractivity contribution is 0.304. The third-order valence-electron chi connectivity index (χ3n) is 3.68. The molecule has 5 heteroatoms. The summed E-state index contributed by atoms with van der Waals surface area (Å²) in [6, 6.07) is 8.12. The summed E-state index contributed by atoms with van der Waals surface area (Å²) in [5, 5.41) is 15.2. The Morgan fingerprint density at radius 3 is 2.81 bits per heavy atom. The predicted octanol–water partition coefficient (Wildman–Crippen LogP) is 2.38. The summed E-state index contributed by atoms with van der Waals surface area (Å²) in [6.07, 6.45) is 2.84. The normalized spacial score (nSPS) is 12.4. The molecule has 21 heavy (non-hydrogen) atoms. The van der Waals surface area contributed by atoms with Crippen LogP contribution in [0.3, 0.4) is 0 Å². The molecule has 0 aliphatic carbocycles. The fourth-order valence-corrected chi connectivity index (χ4v) is 2.10. The van der Waals surface area contributed by atoms with Gasteiger partial charge in [0, 0.05) is 5.41 Å². The largest absolute Gasteiger partial charge is 0.497 e. The first-order chi connectivity index (χ1) is 9.99. The highest BCUT2D eigenvalue weighted by Gasteiger charge is 2.22. The highest BCUT2D eigenvalue weighted by Crippen LogP contribution is 2.21. The van der Waals surface area contributed by atoms with Crippen LogP contribution >= 0.6 is 0 Å². The monoisotopic (exact) mass is 293 g/mol. The fourth-order valence-electron chi connectivity index (χ4n) is 2.10. The lowest BCUT2D eigenvalue weighted by Gasteiger charge is -2.22. The van der Waals surface area contributed by atoms with Gasteiger partial charge in [0.15, 0.2) is 0 Å². The number of oxime groups is 1. The second-order valence-corrected chi connectivity index (χ2v) is 5.82. The van der Waals surface area contributed by atoms with Gasteiger partial charge in [-0.05, 0) is 50.0 Å². The Hall–Kier alpha value is -1.75. The van der Waals surface area contributed by atoms with Crippen LogP contribution in [0.1, 0.15) is 32.3 Å². The first-order valence-electron chi connectivity index (χ1n) is 7.31. The summed E-state index contributed by atoms with van der Waals surface area (Å²) in [7, 11) is 1.68. The molecule has 1 aromatic carbocycles. The number of hydrogen-bond donors (Lipinski definition) is 3. The fraction of sp³-hybridized carbons (Fsp3) is 0.562. The summed E-state index contributed by atoms with van der Waals surface area (Å²) < 4.78 is 5.21. The van der Waals surface area contributed by atoms with Gasteiger partial charge in [0.05, 0.1) is 7.11 Å². The highest BCUT2D eigenvalue weighted by atomic mass is 16.5. The second kappa shape index (κ2) is 8.52. The van der Waals surface area contributed by atoms with Crippen molar-refractivity contribution in [3.8, 4) is 5.75 Å². The molecule has 0 spiro atoms. The molecule has 0 aromatic heterocycles. The zero-order valence-corrected chi connectivity index (χ0v) is 13.2. The third kappa shape index (κ3) is 6.04. The molecule has 0 aliphatic heterocycles. The quantitative estimate of drug-likeness (QED) is 0.215. The molecule has 0 fully saturated rings. The Morgan fingerprint density at radius 2 is 2.14 bits per heavy atom. The molecule has 0 unspecified atom stereocenters. The van der Waals surface area contributed by atoms with E-state index in [0.717, 1.165) is 38.1 Å². The van der Waals surface area contributed by atoms with E-state index in [0.29, 0.717) is 5.84 Å². The minimum atomic E-state index is -0.261. The van der Waals surface area contributed by atoms with Crippen molar-refractivity contribution in [3.05, 3.63) is 29.8 Å². The van der Waals surface area contributed by atoms with Crippen LogP contribution in [0.15, 0.2) is 29.4 Å². The van der Waals surface area contributed by atoms with Crippen molar-refractivity contribution in [2.24, 2.45) is 16.3 Å². The minimum absolute atomic E-state index is 0.261. The summed E-state index contributed by atoms with van der Waals surface area (Å²) in [5.74, 6) is 1.19. The number of hydrogen-bond acceptors (Lipinski definition) is 4. The average molecular weight is 293 g/mol.